The van der Waals surface area contributed by atoms with Crippen LogP contribution >= 0.6 is 35.4 Å². The van der Waals surface area contributed by atoms with Crippen LogP contribution in [-0.2, 0) is 6.42 Å². The van der Waals surface area contributed by atoms with Gasteiger partial charge in [-0.1, -0.05) is 29.3 Å². The summed E-state index contributed by atoms with van der Waals surface area (Å²) in [5.74, 6) is 0.605. The summed E-state index contributed by atoms with van der Waals surface area (Å²) in [5, 5.41) is 7.82. The molecule has 0 amide bonds. The molecule has 0 aliphatic heterocycles. The molecule has 7 heteroatoms. The van der Waals surface area contributed by atoms with Crippen molar-refractivity contribution in [1.82, 2.24) is 15.3 Å². The number of halogens is 2. The smallest absolute Gasteiger partial charge is 0.206 e. The van der Waals surface area contributed by atoms with Gasteiger partial charge in [0.05, 0.1) is 0 Å². The number of aromatic nitrogens is 2. The van der Waals surface area contributed by atoms with E-state index >= 15 is 0 Å². The SMILES string of the molecule is S=C(NCCc1c(Cl)cccc1Cl)Nc1ncc[nH]1. The molecule has 100 valence electrons. The van der Waals surface area contributed by atoms with Gasteiger partial charge in [0.15, 0.2) is 5.11 Å². The Morgan fingerprint density at radius 2 is 2.05 bits per heavy atom. The lowest BCUT2D eigenvalue weighted by Crippen LogP contribution is -2.30. The van der Waals surface area contributed by atoms with E-state index < -0.39 is 0 Å². The number of benzene rings is 1. The van der Waals surface area contributed by atoms with Gasteiger partial charge < -0.3 is 15.6 Å². The Bertz CT molecular complexity index is 537. The standard InChI is InChI=1S/C12H12Cl2N4S/c13-9-2-1-3-10(14)8(9)4-5-17-12(19)18-11-15-6-7-16-11/h1-3,6-7H,4-5H2,(H3,15,16,17,18,19). The molecule has 19 heavy (non-hydrogen) atoms. The fourth-order valence-corrected chi connectivity index (χ4v) is 2.34. The zero-order valence-corrected chi connectivity index (χ0v) is 12.2. The van der Waals surface area contributed by atoms with Crippen LogP contribution in [0.2, 0.25) is 10.0 Å². The van der Waals surface area contributed by atoms with Gasteiger partial charge in [-0.3, -0.25) is 0 Å². The summed E-state index contributed by atoms with van der Waals surface area (Å²) < 4.78 is 0. The Kier molecular flexibility index (Phi) is 5.01. The number of imidazole rings is 1. The van der Waals surface area contributed by atoms with E-state index in [0.29, 0.717) is 34.1 Å². The fourth-order valence-electron chi connectivity index (χ4n) is 1.56. The first-order chi connectivity index (χ1) is 9.16. The maximum absolute atomic E-state index is 6.08. The van der Waals surface area contributed by atoms with Gasteiger partial charge in [0.25, 0.3) is 0 Å². The van der Waals surface area contributed by atoms with Crippen LogP contribution in [0.5, 0.6) is 0 Å². The van der Waals surface area contributed by atoms with Crippen molar-refractivity contribution >= 4 is 46.5 Å². The van der Waals surface area contributed by atoms with E-state index in [-0.39, 0.29) is 0 Å². The lowest BCUT2D eigenvalue weighted by molar-refractivity contribution is 0.873. The molecule has 1 heterocycles. The van der Waals surface area contributed by atoms with Crippen LogP contribution in [0.1, 0.15) is 5.56 Å². The second-order valence-corrected chi connectivity index (χ2v) is 4.99. The monoisotopic (exact) mass is 314 g/mol. The van der Waals surface area contributed by atoms with Crippen LogP contribution in [0.4, 0.5) is 5.95 Å². The molecule has 0 radical (unpaired) electrons. The lowest BCUT2D eigenvalue weighted by atomic mass is 10.1. The number of nitrogens with one attached hydrogen (secondary N) is 3. The van der Waals surface area contributed by atoms with Crippen LogP contribution in [0.15, 0.2) is 30.6 Å². The molecule has 0 saturated carbocycles. The van der Waals surface area contributed by atoms with E-state index in [0.717, 1.165) is 5.56 Å². The third kappa shape index (κ3) is 4.09. The van der Waals surface area contributed by atoms with E-state index in [1.165, 1.54) is 0 Å². The molecule has 0 aliphatic carbocycles. The van der Waals surface area contributed by atoms with Crippen LogP contribution in [0.25, 0.3) is 0 Å². The molecule has 1 aromatic heterocycles. The van der Waals surface area contributed by atoms with Gasteiger partial charge in [0.2, 0.25) is 5.95 Å². The van der Waals surface area contributed by atoms with Crippen LogP contribution in [-0.4, -0.2) is 21.6 Å². The van der Waals surface area contributed by atoms with Gasteiger partial charge >= 0.3 is 0 Å². The van der Waals surface area contributed by atoms with E-state index in [1.807, 2.05) is 18.2 Å². The Morgan fingerprint density at radius 1 is 1.32 bits per heavy atom. The van der Waals surface area contributed by atoms with Crippen LogP contribution in [0.3, 0.4) is 0 Å². The topological polar surface area (TPSA) is 52.7 Å². The third-order valence-corrected chi connectivity index (χ3v) is 3.41. The Labute approximate surface area is 126 Å². The van der Waals surface area contributed by atoms with Gasteiger partial charge in [0.1, 0.15) is 0 Å². The highest BCUT2D eigenvalue weighted by molar-refractivity contribution is 7.80. The van der Waals surface area contributed by atoms with Crippen LogP contribution in [0, 0.1) is 0 Å². The van der Waals surface area contributed by atoms with E-state index in [9.17, 15) is 0 Å². The Hall–Kier alpha value is -1.30. The number of anilines is 1. The van der Waals surface area contributed by atoms with E-state index in [2.05, 4.69) is 20.6 Å². The minimum Gasteiger partial charge on any atom is -0.362 e. The summed E-state index contributed by atoms with van der Waals surface area (Å²) in [6.07, 6.45) is 4.06. The molecule has 0 fully saturated rings. The second kappa shape index (κ2) is 6.75. The minimum atomic E-state index is 0.498. The first-order valence-electron chi connectivity index (χ1n) is 5.64. The van der Waals surface area contributed by atoms with Crippen molar-refractivity contribution in [1.29, 1.82) is 0 Å². The highest BCUT2D eigenvalue weighted by Gasteiger charge is 2.05. The summed E-state index contributed by atoms with van der Waals surface area (Å²) in [4.78, 5) is 6.92. The van der Waals surface area contributed by atoms with Crippen molar-refractivity contribution in [2.45, 2.75) is 6.42 Å². The van der Waals surface area contributed by atoms with Crippen molar-refractivity contribution in [2.75, 3.05) is 11.9 Å². The molecule has 1 aromatic carbocycles. The highest BCUT2D eigenvalue weighted by Crippen LogP contribution is 2.24. The van der Waals surface area contributed by atoms with E-state index in [1.54, 1.807) is 12.4 Å². The summed E-state index contributed by atoms with van der Waals surface area (Å²) >= 11 is 17.3. The van der Waals surface area contributed by atoms with Crippen LogP contribution < -0.4 is 10.6 Å². The number of aromatic amines is 1. The first kappa shape index (κ1) is 14.1. The number of hydrogen-bond donors (Lipinski definition) is 3. The molecule has 0 aliphatic rings. The highest BCUT2D eigenvalue weighted by atomic mass is 35.5. The molecule has 2 aromatic rings. The molecule has 3 N–H and O–H groups in total. The molecule has 0 unspecified atom stereocenters. The number of hydrogen-bond acceptors (Lipinski definition) is 2. The molecule has 0 bridgehead atoms. The number of nitrogens with zero attached hydrogens (tertiary/aromatic N) is 1. The number of thiocarbonyl (C=S) groups is 1. The average molecular weight is 315 g/mol. The molecule has 0 atom stereocenters. The predicted octanol–water partition coefficient (Wildman–Crippen LogP) is 3.25. The quantitative estimate of drug-likeness (QED) is 0.758. The summed E-state index contributed by atoms with van der Waals surface area (Å²) in [7, 11) is 0. The van der Waals surface area contributed by atoms with E-state index in [4.69, 9.17) is 35.4 Å². The fraction of sp³-hybridized carbons (Fsp3) is 0.167. The molecular weight excluding hydrogens is 303 g/mol. The Morgan fingerprint density at radius 3 is 2.68 bits per heavy atom. The molecular formula is C12H12Cl2N4S. The van der Waals surface area contributed by atoms with Crippen molar-refractivity contribution in [2.24, 2.45) is 0 Å². The van der Waals surface area contributed by atoms with Gasteiger partial charge in [-0.25, -0.2) is 4.98 Å². The van der Waals surface area contributed by atoms with Crippen molar-refractivity contribution in [3.8, 4) is 0 Å². The number of H-pyrrole nitrogens is 1. The number of rotatable bonds is 4. The van der Waals surface area contributed by atoms with Gasteiger partial charge in [-0.2, -0.15) is 0 Å². The average Bonchev–Trinajstić information content (AvgIpc) is 2.85. The third-order valence-electron chi connectivity index (χ3n) is 2.45. The zero-order valence-electron chi connectivity index (χ0n) is 9.91. The summed E-state index contributed by atoms with van der Waals surface area (Å²) in [6, 6.07) is 5.47. The zero-order chi connectivity index (χ0) is 13.7. The maximum atomic E-state index is 6.08. The molecule has 4 nitrogen and oxygen atoms in total. The first-order valence-corrected chi connectivity index (χ1v) is 6.80. The van der Waals surface area contributed by atoms with Crippen molar-refractivity contribution < 1.29 is 0 Å². The van der Waals surface area contributed by atoms with Crippen molar-refractivity contribution in [3.05, 3.63) is 46.2 Å². The second-order valence-electron chi connectivity index (χ2n) is 3.77. The molecule has 0 spiro atoms. The molecule has 0 saturated heterocycles. The maximum Gasteiger partial charge on any atom is 0.206 e. The Balaban J connectivity index is 1.82. The van der Waals surface area contributed by atoms with Gasteiger partial charge in [-0.05, 0) is 36.3 Å². The normalized spacial score (nSPS) is 10.2. The summed E-state index contributed by atoms with van der Waals surface area (Å²) in [5.41, 5.74) is 0.916. The van der Waals surface area contributed by atoms with Gasteiger partial charge in [-0.15, -0.1) is 0 Å². The molecule has 2 rings (SSSR count). The lowest BCUT2D eigenvalue weighted by Gasteiger charge is -2.10. The van der Waals surface area contributed by atoms with Crippen molar-refractivity contribution in [3.63, 3.8) is 0 Å². The predicted molar refractivity (Wildman–Crippen MR) is 83.0 cm³/mol. The van der Waals surface area contributed by atoms with Gasteiger partial charge in [0, 0.05) is 29.0 Å². The minimum absolute atomic E-state index is 0.498. The summed E-state index contributed by atoms with van der Waals surface area (Å²) in [6.45, 7) is 0.635. The largest absolute Gasteiger partial charge is 0.362 e.